The molecule has 8 heteroatoms. The highest BCUT2D eigenvalue weighted by molar-refractivity contribution is 7.99. The predicted molar refractivity (Wildman–Crippen MR) is 72.5 cm³/mol. The molecule has 0 atom stereocenters. The number of hydrogen-bond donors (Lipinski definition) is 1. The van der Waals surface area contributed by atoms with Crippen molar-refractivity contribution in [2.45, 2.75) is 30.0 Å². The normalized spacial score (nSPS) is 10.8. The Morgan fingerprint density at radius 3 is 2.68 bits per heavy atom. The fourth-order valence-corrected chi connectivity index (χ4v) is 2.09. The molecule has 0 aliphatic carbocycles. The highest BCUT2D eigenvalue weighted by atomic mass is 32.2. The number of rotatable bonds is 5. The quantitative estimate of drug-likeness (QED) is 0.891. The molecule has 19 heavy (non-hydrogen) atoms. The Kier molecular flexibility index (Phi) is 4.20. The molecule has 0 radical (unpaired) electrons. The van der Waals surface area contributed by atoms with Crippen LogP contribution in [0.1, 0.15) is 13.8 Å². The van der Waals surface area contributed by atoms with Gasteiger partial charge in [0.25, 0.3) is 0 Å². The molecule has 0 saturated carbocycles. The van der Waals surface area contributed by atoms with Crippen LogP contribution in [0.2, 0.25) is 0 Å². The molecule has 2 heterocycles. The molecule has 0 fully saturated rings. The van der Waals surface area contributed by atoms with Gasteiger partial charge in [0, 0.05) is 20.3 Å². The van der Waals surface area contributed by atoms with E-state index >= 15 is 0 Å². The van der Waals surface area contributed by atoms with Gasteiger partial charge in [-0.1, -0.05) is 0 Å². The van der Waals surface area contributed by atoms with Crippen molar-refractivity contribution in [2.75, 3.05) is 12.4 Å². The van der Waals surface area contributed by atoms with Crippen molar-refractivity contribution in [3.8, 4) is 6.01 Å². The summed E-state index contributed by atoms with van der Waals surface area (Å²) in [5.41, 5.74) is 0. The van der Waals surface area contributed by atoms with Crippen LogP contribution in [0.15, 0.2) is 22.4 Å². The van der Waals surface area contributed by atoms with Crippen LogP contribution in [-0.4, -0.2) is 37.9 Å². The van der Waals surface area contributed by atoms with Crippen molar-refractivity contribution in [2.24, 2.45) is 7.05 Å². The van der Waals surface area contributed by atoms with Crippen molar-refractivity contribution in [3.05, 3.63) is 12.4 Å². The molecular weight excluding hydrogens is 264 g/mol. The zero-order valence-corrected chi connectivity index (χ0v) is 12.1. The van der Waals surface area contributed by atoms with Gasteiger partial charge in [-0.3, -0.25) is 4.68 Å². The molecule has 0 saturated heterocycles. The molecule has 1 N–H and O–H groups in total. The third-order valence-corrected chi connectivity index (χ3v) is 2.86. The summed E-state index contributed by atoms with van der Waals surface area (Å²) in [6.45, 7) is 3.85. The summed E-state index contributed by atoms with van der Waals surface area (Å²) >= 11 is 1.41. The molecule has 0 unspecified atom stereocenters. The van der Waals surface area contributed by atoms with Crippen LogP contribution in [0, 0.1) is 0 Å². The van der Waals surface area contributed by atoms with Crippen molar-refractivity contribution in [1.82, 2.24) is 24.7 Å². The van der Waals surface area contributed by atoms with Crippen molar-refractivity contribution in [3.63, 3.8) is 0 Å². The van der Waals surface area contributed by atoms with E-state index in [1.807, 2.05) is 27.1 Å². The number of ether oxygens (including phenoxy) is 1. The number of nitrogens with one attached hydrogen (secondary N) is 1. The molecule has 2 aromatic heterocycles. The van der Waals surface area contributed by atoms with Crippen molar-refractivity contribution >= 4 is 17.7 Å². The zero-order chi connectivity index (χ0) is 13.8. The Morgan fingerprint density at radius 1 is 1.32 bits per heavy atom. The SMILES string of the molecule is CNc1nc(OC(C)C)nc(Sc2cnn(C)c2)n1. The average molecular weight is 280 g/mol. The fourth-order valence-electron chi connectivity index (χ4n) is 1.32. The van der Waals surface area contributed by atoms with Gasteiger partial charge in [0.15, 0.2) is 0 Å². The first-order valence-electron chi connectivity index (χ1n) is 5.84. The van der Waals surface area contributed by atoms with Gasteiger partial charge in [-0.15, -0.1) is 0 Å². The van der Waals surface area contributed by atoms with E-state index in [-0.39, 0.29) is 6.10 Å². The minimum atomic E-state index is 0.0170. The van der Waals surface area contributed by atoms with Crippen LogP contribution >= 0.6 is 11.8 Å². The first-order chi connectivity index (χ1) is 9.06. The molecule has 0 spiro atoms. The molecule has 7 nitrogen and oxygen atoms in total. The molecule has 0 bridgehead atoms. The minimum Gasteiger partial charge on any atom is -0.461 e. The number of aryl methyl sites for hydroxylation is 1. The second-order valence-electron chi connectivity index (χ2n) is 4.09. The number of anilines is 1. The third kappa shape index (κ3) is 3.82. The van der Waals surface area contributed by atoms with Crippen LogP contribution in [0.25, 0.3) is 0 Å². The lowest BCUT2D eigenvalue weighted by Crippen LogP contribution is -2.10. The smallest absolute Gasteiger partial charge is 0.322 e. The Hall–Kier alpha value is -1.83. The molecule has 0 aliphatic rings. The Bertz CT molecular complexity index is 556. The van der Waals surface area contributed by atoms with E-state index in [1.54, 1.807) is 17.9 Å². The van der Waals surface area contributed by atoms with E-state index in [2.05, 4.69) is 25.4 Å². The second kappa shape index (κ2) is 5.87. The van der Waals surface area contributed by atoms with Gasteiger partial charge >= 0.3 is 6.01 Å². The predicted octanol–water partition coefficient (Wildman–Crippen LogP) is 1.59. The van der Waals surface area contributed by atoms with Gasteiger partial charge in [0.05, 0.1) is 17.2 Å². The molecule has 2 aromatic rings. The van der Waals surface area contributed by atoms with E-state index in [4.69, 9.17) is 4.74 Å². The second-order valence-corrected chi connectivity index (χ2v) is 5.13. The van der Waals surface area contributed by atoms with Gasteiger partial charge in [-0.25, -0.2) is 0 Å². The van der Waals surface area contributed by atoms with E-state index in [0.717, 1.165) is 4.90 Å². The van der Waals surface area contributed by atoms with Crippen molar-refractivity contribution < 1.29 is 4.74 Å². The van der Waals surface area contributed by atoms with Gasteiger partial charge in [-0.2, -0.15) is 20.1 Å². The van der Waals surface area contributed by atoms with Crippen molar-refractivity contribution in [1.29, 1.82) is 0 Å². The van der Waals surface area contributed by atoms with Crippen LogP contribution in [0.3, 0.4) is 0 Å². The van der Waals surface area contributed by atoms with Gasteiger partial charge < -0.3 is 10.1 Å². The number of nitrogens with zero attached hydrogens (tertiary/aromatic N) is 5. The highest BCUT2D eigenvalue weighted by Gasteiger charge is 2.10. The van der Waals surface area contributed by atoms with E-state index in [0.29, 0.717) is 17.1 Å². The summed E-state index contributed by atoms with van der Waals surface area (Å²) in [4.78, 5) is 13.7. The van der Waals surface area contributed by atoms with Gasteiger partial charge in [-0.05, 0) is 25.6 Å². The van der Waals surface area contributed by atoms with Crippen LogP contribution < -0.4 is 10.1 Å². The topological polar surface area (TPSA) is 77.8 Å². The van der Waals surface area contributed by atoms with Crippen LogP contribution in [0.5, 0.6) is 6.01 Å². The van der Waals surface area contributed by atoms with E-state index in [1.165, 1.54) is 11.8 Å². The Labute approximate surface area is 115 Å². The summed E-state index contributed by atoms with van der Waals surface area (Å²) in [5.74, 6) is 0.483. The Morgan fingerprint density at radius 2 is 2.11 bits per heavy atom. The van der Waals surface area contributed by atoms with E-state index < -0.39 is 0 Å². The largest absolute Gasteiger partial charge is 0.461 e. The highest BCUT2D eigenvalue weighted by Crippen LogP contribution is 2.25. The van der Waals surface area contributed by atoms with Gasteiger partial charge in [0.2, 0.25) is 11.1 Å². The molecule has 102 valence electrons. The first kappa shape index (κ1) is 13.6. The molecule has 2 rings (SSSR count). The average Bonchev–Trinajstić information content (AvgIpc) is 2.73. The lowest BCUT2D eigenvalue weighted by Gasteiger charge is -2.09. The minimum absolute atomic E-state index is 0.0170. The maximum atomic E-state index is 5.50. The summed E-state index contributed by atoms with van der Waals surface area (Å²) in [7, 11) is 3.62. The molecule has 0 amide bonds. The summed E-state index contributed by atoms with van der Waals surface area (Å²) in [6.07, 6.45) is 3.68. The standard InChI is InChI=1S/C11H16N6OS/c1-7(2)18-10-14-9(12-3)15-11(16-10)19-8-5-13-17(4)6-8/h5-7H,1-4H3,(H,12,14,15,16). The lowest BCUT2D eigenvalue weighted by molar-refractivity contribution is 0.219. The monoisotopic (exact) mass is 280 g/mol. The maximum Gasteiger partial charge on any atom is 0.322 e. The molecular formula is C11H16N6OS. The Balaban J connectivity index is 2.23. The number of hydrogen-bond acceptors (Lipinski definition) is 7. The summed E-state index contributed by atoms with van der Waals surface area (Å²) in [5, 5.41) is 7.57. The van der Waals surface area contributed by atoms with Crippen LogP contribution in [0.4, 0.5) is 5.95 Å². The number of aromatic nitrogens is 5. The third-order valence-electron chi connectivity index (χ3n) is 2.05. The lowest BCUT2D eigenvalue weighted by atomic mass is 10.5. The van der Waals surface area contributed by atoms with E-state index in [9.17, 15) is 0 Å². The zero-order valence-electron chi connectivity index (χ0n) is 11.3. The maximum absolute atomic E-state index is 5.50. The van der Waals surface area contributed by atoms with Crippen LogP contribution in [-0.2, 0) is 7.05 Å². The fraction of sp³-hybridized carbons (Fsp3) is 0.455. The summed E-state index contributed by atoms with van der Waals surface area (Å²) in [6, 6.07) is 0.320. The summed E-state index contributed by atoms with van der Waals surface area (Å²) < 4.78 is 7.23. The first-order valence-corrected chi connectivity index (χ1v) is 6.65. The molecule has 0 aromatic carbocycles. The molecule has 0 aliphatic heterocycles. The van der Waals surface area contributed by atoms with Gasteiger partial charge in [0.1, 0.15) is 0 Å².